The van der Waals surface area contributed by atoms with E-state index in [0.29, 0.717) is 24.0 Å². The summed E-state index contributed by atoms with van der Waals surface area (Å²) in [6.45, 7) is 2.94. The number of carbonyl (C=O) groups is 1. The molecule has 1 aromatic heterocycles. The normalized spacial score (nSPS) is 20.0. The number of aromatic nitrogens is 3. The maximum Gasteiger partial charge on any atom is 0.224 e. The minimum Gasteiger partial charge on any atom is -0.355 e. The van der Waals surface area contributed by atoms with Crippen LogP contribution >= 0.6 is 11.8 Å². The summed E-state index contributed by atoms with van der Waals surface area (Å²) in [5.41, 5.74) is 0. The second-order valence-electron chi connectivity index (χ2n) is 5.03. The zero-order chi connectivity index (χ0) is 16.0. The molecule has 10 heteroatoms. The lowest BCUT2D eigenvalue weighted by atomic mass is 9.99. The van der Waals surface area contributed by atoms with E-state index in [4.69, 9.17) is 0 Å². The molecule has 0 aliphatic carbocycles. The first-order valence-corrected chi connectivity index (χ1v) is 9.86. The molecule has 1 fully saturated rings. The molecule has 0 saturated carbocycles. The lowest BCUT2D eigenvalue weighted by molar-refractivity contribution is -0.125. The molecule has 1 saturated heterocycles. The maximum absolute atomic E-state index is 12.1. The summed E-state index contributed by atoms with van der Waals surface area (Å²) in [4.78, 5) is 16.1. The first kappa shape index (κ1) is 17.2. The number of thioether (sulfide) groups is 1. The van der Waals surface area contributed by atoms with Crippen molar-refractivity contribution in [2.45, 2.75) is 24.9 Å². The average molecular weight is 347 g/mol. The number of nitrogens with zero attached hydrogens (tertiary/aromatic N) is 3. The van der Waals surface area contributed by atoms with Crippen LogP contribution in [-0.4, -0.2) is 65.0 Å². The van der Waals surface area contributed by atoms with Crippen molar-refractivity contribution < 1.29 is 13.2 Å². The van der Waals surface area contributed by atoms with Crippen LogP contribution in [-0.2, 0) is 14.8 Å². The minimum absolute atomic E-state index is 0.0748. The third-order valence-corrected chi connectivity index (χ3v) is 6.27. The van der Waals surface area contributed by atoms with Crippen molar-refractivity contribution in [2.75, 3.05) is 31.1 Å². The van der Waals surface area contributed by atoms with Crippen LogP contribution in [0.25, 0.3) is 0 Å². The zero-order valence-corrected chi connectivity index (χ0v) is 14.1. The summed E-state index contributed by atoms with van der Waals surface area (Å²) in [7, 11) is -3.21. The van der Waals surface area contributed by atoms with E-state index in [1.54, 1.807) is 6.92 Å². The molecule has 0 aromatic carbocycles. The maximum atomic E-state index is 12.1. The quantitative estimate of drug-likeness (QED) is 0.534. The summed E-state index contributed by atoms with van der Waals surface area (Å²) in [6.07, 6.45) is 2.90. The second kappa shape index (κ2) is 7.93. The van der Waals surface area contributed by atoms with Crippen molar-refractivity contribution >= 4 is 27.7 Å². The van der Waals surface area contributed by atoms with Gasteiger partial charge in [-0.1, -0.05) is 11.8 Å². The lowest BCUT2D eigenvalue weighted by Gasteiger charge is -2.30. The highest BCUT2D eigenvalue weighted by Crippen LogP contribution is 2.19. The van der Waals surface area contributed by atoms with Crippen LogP contribution in [0.2, 0.25) is 0 Å². The number of aromatic amines is 1. The number of carbonyl (C=O) groups excluding carboxylic acids is 1. The van der Waals surface area contributed by atoms with Crippen LogP contribution in [0.5, 0.6) is 0 Å². The van der Waals surface area contributed by atoms with Crippen LogP contribution in [0.3, 0.4) is 0 Å². The van der Waals surface area contributed by atoms with E-state index in [0.717, 1.165) is 12.8 Å². The summed E-state index contributed by atoms with van der Waals surface area (Å²) in [5, 5.41) is 10.1. The Morgan fingerprint density at radius 2 is 2.41 bits per heavy atom. The van der Waals surface area contributed by atoms with Crippen LogP contribution < -0.4 is 5.32 Å². The first-order valence-electron chi connectivity index (χ1n) is 7.26. The van der Waals surface area contributed by atoms with Gasteiger partial charge in [-0.25, -0.2) is 17.7 Å². The van der Waals surface area contributed by atoms with Gasteiger partial charge in [0.15, 0.2) is 5.16 Å². The second-order valence-corrected chi connectivity index (χ2v) is 8.37. The van der Waals surface area contributed by atoms with Crippen molar-refractivity contribution in [1.29, 1.82) is 0 Å². The van der Waals surface area contributed by atoms with Crippen molar-refractivity contribution in [3.63, 3.8) is 0 Å². The van der Waals surface area contributed by atoms with E-state index in [2.05, 4.69) is 20.5 Å². The fraction of sp³-hybridized carbons (Fsp3) is 0.750. The van der Waals surface area contributed by atoms with Crippen molar-refractivity contribution in [3.05, 3.63) is 6.33 Å². The fourth-order valence-electron chi connectivity index (χ4n) is 2.32. The monoisotopic (exact) mass is 347 g/mol. The highest BCUT2D eigenvalue weighted by molar-refractivity contribution is 7.99. The predicted molar refractivity (Wildman–Crippen MR) is 83.9 cm³/mol. The van der Waals surface area contributed by atoms with Crippen molar-refractivity contribution in [2.24, 2.45) is 5.92 Å². The van der Waals surface area contributed by atoms with Gasteiger partial charge < -0.3 is 5.32 Å². The molecule has 8 nitrogen and oxygen atoms in total. The Morgan fingerprint density at radius 3 is 3.09 bits per heavy atom. The molecule has 2 heterocycles. The summed E-state index contributed by atoms with van der Waals surface area (Å²) in [5.74, 6) is 0.430. The standard InChI is InChI=1S/C12H21N5O3S2/c1-2-22(19,20)17-6-3-4-10(8-17)11(18)13-5-7-21-12-14-9-15-16-12/h9-10H,2-8H2,1H3,(H,13,18)(H,14,15,16). The van der Waals surface area contributed by atoms with E-state index in [1.165, 1.54) is 22.4 Å². The molecule has 1 amide bonds. The Balaban J connectivity index is 1.74. The van der Waals surface area contributed by atoms with Gasteiger partial charge in [0, 0.05) is 25.4 Å². The van der Waals surface area contributed by atoms with E-state index in [1.807, 2.05) is 0 Å². The molecule has 0 radical (unpaired) electrons. The number of amides is 1. The van der Waals surface area contributed by atoms with Gasteiger partial charge in [-0.15, -0.1) is 0 Å². The van der Waals surface area contributed by atoms with Gasteiger partial charge in [-0.3, -0.25) is 9.89 Å². The van der Waals surface area contributed by atoms with Gasteiger partial charge in [-0.05, 0) is 19.8 Å². The summed E-state index contributed by atoms with van der Waals surface area (Å²) >= 11 is 1.47. The molecule has 22 heavy (non-hydrogen) atoms. The van der Waals surface area contributed by atoms with Crippen LogP contribution in [0.15, 0.2) is 11.5 Å². The fourth-order valence-corrected chi connectivity index (χ4v) is 4.14. The van der Waals surface area contributed by atoms with E-state index < -0.39 is 10.0 Å². The molecular weight excluding hydrogens is 326 g/mol. The van der Waals surface area contributed by atoms with E-state index >= 15 is 0 Å². The molecule has 124 valence electrons. The molecular formula is C12H21N5O3S2. The van der Waals surface area contributed by atoms with Crippen LogP contribution in [0.4, 0.5) is 0 Å². The average Bonchev–Trinajstić information content (AvgIpc) is 3.05. The SMILES string of the molecule is CCS(=O)(=O)N1CCCC(C(=O)NCCSc2ncn[nH]2)C1. The molecule has 1 atom stereocenters. The molecule has 1 unspecified atom stereocenters. The van der Waals surface area contributed by atoms with Gasteiger partial charge >= 0.3 is 0 Å². The topological polar surface area (TPSA) is 108 Å². The first-order chi connectivity index (χ1) is 10.5. The Morgan fingerprint density at radius 1 is 1.59 bits per heavy atom. The molecule has 1 aliphatic rings. The van der Waals surface area contributed by atoms with Crippen LogP contribution in [0, 0.1) is 5.92 Å². The Labute approximate surface area is 134 Å². The van der Waals surface area contributed by atoms with Crippen molar-refractivity contribution in [3.8, 4) is 0 Å². The number of piperidine rings is 1. The van der Waals surface area contributed by atoms with E-state index in [-0.39, 0.29) is 24.1 Å². The number of hydrogen-bond acceptors (Lipinski definition) is 6. The number of rotatable bonds is 7. The molecule has 0 spiro atoms. The smallest absolute Gasteiger partial charge is 0.224 e. The summed E-state index contributed by atoms with van der Waals surface area (Å²) in [6, 6.07) is 0. The number of nitrogens with one attached hydrogen (secondary N) is 2. The Hall–Kier alpha value is -1.13. The van der Waals surface area contributed by atoms with Crippen molar-refractivity contribution in [1.82, 2.24) is 24.8 Å². The molecule has 1 aliphatic heterocycles. The largest absolute Gasteiger partial charge is 0.355 e. The molecule has 2 rings (SSSR count). The van der Waals surface area contributed by atoms with Gasteiger partial charge in [0.25, 0.3) is 0 Å². The van der Waals surface area contributed by atoms with Gasteiger partial charge in [-0.2, -0.15) is 5.10 Å². The van der Waals surface area contributed by atoms with Gasteiger partial charge in [0.05, 0.1) is 11.7 Å². The minimum atomic E-state index is -3.21. The number of hydrogen-bond donors (Lipinski definition) is 2. The van der Waals surface area contributed by atoms with Gasteiger partial charge in [0.1, 0.15) is 6.33 Å². The number of H-pyrrole nitrogens is 1. The molecule has 2 N–H and O–H groups in total. The molecule has 1 aromatic rings. The lowest BCUT2D eigenvalue weighted by Crippen LogP contribution is -2.46. The summed E-state index contributed by atoms with van der Waals surface area (Å²) < 4.78 is 25.2. The third kappa shape index (κ3) is 4.68. The highest BCUT2D eigenvalue weighted by atomic mass is 32.2. The van der Waals surface area contributed by atoms with E-state index in [9.17, 15) is 13.2 Å². The molecule has 0 bridgehead atoms. The number of sulfonamides is 1. The Kier molecular flexibility index (Phi) is 6.21. The third-order valence-electron chi connectivity index (χ3n) is 3.55. The van der Waals surface area contributed by atoms with Gasteiger partial charge in [0.2, 0.25) is 15.9 Å². The Bertz CT molecular complexity index is 576. The highest BCUT2D eigenvalue weighted by Gasteiger charge is 2.31. The zero-order valence-electron chi connectivity index (χ0n) is 12.5. The predicted octanol–water partition coefficient (Wildman–Crippen LogP) is 0.0747. The van der Waals surface area contributed by atoms with Crippen LogP contribution in [0.1, 0.15) is 19.8 Å².